The van der Waals surface area contributed by atoms with Crippen molar-refractivity contribution < 1.29 is 4.79 Å². The fraction of sp³-hybridized carbons (Fsp3) is 0.769. The van der Waals surface area contributed by atoms with Crippen molar-refractivity contribution in [2.45, 2.75) is 40.2 Å². The summed E-state index contributed by atoms with van der Waals surface area (Å²) in [4.78, 5) is 18.2. The number of hydrogen-bond acceptors (Lipinski definition) is 3. The van der Waals surface area contributed by atoms with Gasteiger partial charge in [-0.2, -0.15) is 5.10 Å². The van der Waals surface area contributed by atoms with Crippen molar-refractivity contribution in [3.63, 3.8) is 0 Å². The van der Waals surface area contributed by atoms with Crippen LogP contribution >= 0.6 is 0 Å². The number of likely N-dealkylation sites (tertiary alicyclic amines) is 1. The number of carbonyl (C=O) groups excluding carboxylic acids is 1. The molecule has 0 aliphatic carbocycles. The maximum atomic E-state index is 12.1. The van der Waals surface area contributed by atoms with Crippen LogP contribution in [0.15, 0.2) is 0 Å². The molecule has 1 aromatic heterocycles. The minimum Gasteiger partial charge on any atom is -0.331 e. The maximum absolute atomic E-state index is 12.1. The van der Waals surface area contributed by atoms with E-state index in [9.17, 15) is 4.79 Å². The van der Waals surface area contributed by atoms with Crippen LogP contribution in [0.4, 0.5) is 4.79 Å². The number of urea groups is 1. The highest BCUT2D eigenvalue weighted by Crippen LogP contribution is 2.21. The molecule has 106 valence electrons. The van der Waals surface area contributed by atoms with Gasteiger partial charge in [0.1, 0.15) is 5.82 Å². The summed E-state index contributed by atoms with van der Waals surface area (Å²) in [6, 6.07) is -0.0107. The fourth-order valence-corrected chi connectivity index (χ4v) is 2.64. The van der Waals surface area contributed by atoms with Crippen LogP contribution < -0.4 is 5.32 Å². The highest BCUT2D eigenvalue weighted by atomic mass is 16.2. The van der Waals surface area contributed by atoms with Crippen molar-refractivity contribution in [3.05, 3.63) is 11.6 Å². The zero-order valence-corrected chi connectivity index (χ0v) is 11.9. The van der Waals surface area contributed by atoms with E-state index in [4.69, 9.17) is 0 Å². The molecule has 6 nitrogen and oxygen atoms in total. The lowest BCUT2D eigenvalue weighted by molar-refractivity contribution is 0.193. The summed E-state index contributed by atoms with van der Waals surface area (Å²) < 4.78 is 0. The number of nitrogens with zero attached hydrogens (tertiary/aromatic N) is 3. The first-order valence-corrected chi connectivity index (χ1v) is 6.95. The van der Waals surface area contributed by atoms with Gasteiger partial charge in [-0.1, -0.05) is 13.8 Å². The van der Waals surface area contributed by atoms with Crippen molar-refractivity contribution in [1.82, 2.24) is 25.4 Å². The lowest BCUT2D eigenvalue weighted by atomic mass is 9.97. The first kappa shape index (κ1) is 13.8. The maximum Gasteiger partial charge on any atom is 0.317 e. The van der Waals surface area contributed by atoms with Crippen LogP contribution in [0.3, 0.4) is 0 Å². The van der Waals surface area contributed by atoms with E-state index < -0.39 is 0 Å². The quantitative estimate of drug-likeness (QED) is 0.854. The summed E-state index contributed by atoms with van der Waals surface area (Å²) in [5.74, 6) is 2.65. The van der Waals surface area contributed by atoms with Crippen molar-refractivity contribution in [1.29, 1.82) is 0 Å². The molecule has 2 atom stereocenters. The Bertz CT molecular complexity index is 430. The molecule has 2 unspecified atom stereocenters. The molecule has 0 aromatic carbocycles. The monoisotopic (exact) mass is 265 g/mol. The number of hydrogen-bond donors (Lipinski definition) is 2. The zero-order chi connectivity index (χ0) is 13.8. The van der Waals surface area contributed by atoms with Crippen molar-refractivity contribution >= 4 is 6.03 Å². The molecular formula is C13H23N5O. The minimum absolute atomic E-state index is 0.0107. The first-order chi connectivity index (χ1) is 9.04. The predicted molar refractivity (Wildman–Crippen MR) is 72.5 cm³/mol. The largest absolute Gasteiger partial charge is 0.331 e. The van der Waals surface area contributed by atoms with Gasteiger partial charge in [-0.3, -0.25) is 5.10 Å². The number of aryl methyl sites for hydroxylation is 1. The van der Waals surface area contributed by atoms with Crippen molar-refractivity contribution in [2.75, 3.05) is 13.1 Å². The summed E-state index contributed by atoms with van der Waals surface area (Å²) in [6.45, 7) is 8.36. The van der Waals surface area contributed by atoms with E-state index in [1.165, 1.54) is 6.42 Å². The molecule has 6 heteroatoms. The predicted octanol–water partition coefficient (Wildman–Crippen LogP) is 1.69. The number of amides is 2. The van der Waals surface area contributed by atoms with Crippen LogP contribution in [0.5, 0.6) is 0 Å². The smallest absolute Gasteiger partial charge is 0.317 e. The molecule has 2 heterocycles. The highest BCUT2D eigenvalue weighted by molar-refractivity contribution is 5.74. The Morgan fingerprint density at radius 3 is 2.95 bits per heavy atom. The van der Waals surface area contributed by atoms with Gasteiger partial charge in [0.2, 0.25) is 0 Å². The van der Waals surface area contributed by atoms with E-state index in [1.54, 1.807) is 0 Å². The Balaban J connectivity index is 1.85. The van der Waals surface area contributed by atoms with Gasteiger partial charge in [-0.15, -0.1) is 0 Å². The molecule has 0 bridgehead atoms. The average molecular weight is 265 g/mol. The summed E-state index contributed by atoms with van der Waals surface area (Å²) >= 11 is 0. The van der Waals surface area contributed by atoms with Gasteiger partial charge >= 0.3 is 6.03 Å². The molecule has 1 aliphatic rings. The Hall–Kier alpha value is -1.59. The van der Waals surface area contributed by atoms with E-state index in [0.29, 0.717) is 24.2 Å². The Kier molecular flexibility index (Phi) is 4.39. The molecule has 1 aromatic rings. The second kappa shape index (κ2) is 6.04. The summed E-state index contributed by atoms with van der Waals surface area (Å²) in [5.41, 5.74) is 0. The summed E-state index contributed by atoms with van der Waals surface area (Å²) in [7, 11) is 0. The van der Waals surface area contributed by atoms with Crippen molar-refractivity contribution in [3.8, 4) is 0 Å². The SMILES string of the molecule is Cc1nc(CNC(=O)N2CCC(C)CC(C)C2)n[nH]1. The van der Waals surface area contributed by atoms with Gasteiger partial charge in [0, 0.05) is 13.1 Å². The standard InChI is InChI=1S/C13H23N5O/c1-9-4-5-18(8-10(2)6-9)13(19)14-7-12-15-11(3)16-17-12/h9-10H,4-8H2,1-3H3,(H,14,19)(H,15,16,17). The highest BCUT2D eigenvalue weighted by Gasteiger charge is 2.22. The zero-order valence-electron chi connectivity index (χ0n) is 11.9. The van der Waals surface area contributed by atoms with Crippen LogP contribution in [0, 0.1) is 18.8 Å². The fourth-order valence-electron chi connectivity index (χ4n) is 2.64. The number of aromatic amines is 1. The number of nitrogens with one attached hydrogen (secondary N) is 2. The van der Waals surface area contributed by atoms with Crippen molar-refractivity contribution in [2.24, 2.45) is 11.8 Å². The molecule has 1 saturated heterocycles. The van der Waals surface area contributed by atoms with E-state index >= 15 is 0 Å². The third-order valence-electron chi connectivity index (χ3n) is 3.56. The average Bonchev–Trinajstić information content (AvgIpc) is 2.68. The molecule has 0 saturated carbocycles. The molecular weight excluding hydrogens is 242 g/mol. The van der Waals surface area contributed by atoms with Gasteiger partial charge in [0.05, 0.1) is 6.54 Å². The number of aromatic nitrogens is 3. The van der Waals surface area contributed by atoms with Crippen LogP contribution in [0.1, 0.15) is 38.3 Å². The molecule has 19 heavy (non-hydrogen) atoms. The van der Waals surface area contributed by atoms with E-state index in [-0.39, 0.29) is 6.03 Å². The molecule has 2 rings (SSSR count). The van der Waals surface area contributed by atoms with E-state index in [1.807, 2.05) is 11.8 Å². The van der Waals surface area contributed by atoms with Crippen LogP contribution in [-0.2, 0) is 6.54 Å². The summed E-state index contributed by atoms with van der Waals surface area (Å²) in [6.07, 6.45) is 2.28. The normalized spacial score (nSPS) is 24.1. The number of H-pyrrole nitrogens is 1. The van der Waals surface area contributed by atoms with Crippen LogP contribution in [0.2, 0.25) is 0 Å². The van der Waals surface area contributed by atoms with Gasteiger partial charge in [-0.05, 0) is 31.6 Å². The Morgan fingerprint density at radius 1 is 1.47 bits per heavy atom. The third kappa shape index (κ3) is 3.94. The van der Waals surface area contributed by atoms with Crippen LogP contribution in [-0.4, -0.2) is 39.2 Å². The number of rotatable bonds is 2. The second-order valence-electron chi connectivity index (χ2n) is 5.68. The van der Waals surface area contributed by atoms with E-state index in [2.05, 4.69) is 34.3 Å². The summed E-state index contributed by atoms with van der Waals surface area (Å²) in [5, 5.41) is 9.66. The van der Waals surface area contributed by atoms with Gasteiger partial charge in [0.25, 0.3) is 0 Å². The van der Waals surface area contributed by atoms with Crippen LogP contribution in [0.25, 0.3) is 0 Å². The van der Waals surface area contributed by atoms with Gasteiger partial charge in [0.15, 0.2) is 5.82 Å². The topological polar surface area (TPSA) is 73.9 Å². The molecule has 2 N–H and O–H groups in total. The Morgan fingerprint density at radius 2 is 2.26 bits per heavy atom. The van der Waals surface area contributed by atoms with E-state index in [0.717, 1.165) is 25.3 Å². The Labute approximate surface area is 114 Å². The minimum atomic E-state index is -0.0107. The second-order valence-corrected chi connectivity index (χ2v) is 5.68. The molecule has 1 fully saturated rings. The third-order valence-corrected chi connectivity index (χ3v) is 3.56. The van der Waals surface area contributed by atoms with Gasteiger partial charge in [-0.25, -0.2) is 9.78 Å². The molecule has 1 aliphatic heterocycles. The number of carbonyl (C=O) groups is 1. The first-order valence-electron chi connectivity index (χ1n) is 6.95. The molecule has 0 radical (unpaired) electrons. The lowest BCUT2D eigenvalue weighted by Crippen LogP contribution is -2.41. The lowest BCUT2D eigenvalue weighted by Gasteiger charge is -2.22. The molecule has 2 amide bonds. The van der Waals surface area contributed by atoms with Gasteiger partial charge < -0.3 is 10.2 Å². The molecule has 0 spiro atoms.